The number of benzene rings is 3. The molecule has 5 atom stereocenters. The monoisotopic (exact) mass is 581 g/mol. The van der Waals surface area contributed by atoms with E-state index in [4.69, 9.17) is 35.3 Å². The summed E-state index contributed by atoms with van der Waals surface area (Å²) in [6.45, 7) is 0.119. The molecule has 0 bridgehead atoms. The van der Waals surface area contributed by atoms with Gasteiger partial charge in [0.2, 0.25) is 6.29 Å². The Morgan fingerprint density at radius 1 is 0.927 bits per heavy atom. The number of esters is 1. The third-order valence-electron chi connectivity index (χ3n) is 6.85. The van der Waals surface area contributed by atoms with Gasteiger partial charge in [-0.15, -0.1) is 11.6 Å². The molecule has 11 heteroatoms. The van der Waals surface area contributed by atoms with E-state index in [0.29, 0.717) is 11.5 Å². The number of amides is 2. The third kappa shape index (κ3) is 6.06. The highest BCUT2D eigenvalue weighted by atomic mass is 35.5. The second kappa shape index (κ2) is 12.7. The molecule has 1 saturated heterocycles. The fourth-order valence-electron chi connectivity index (χ4n) is 4.86. The van der Waals surface area contributed by atoms with Gasteiger partial charge in [-0.05, 0) is 42.0 Å². The molecule has 0 spiro atoms. The SMILES string of the molecule is COc1ccc(O[C@@H]2O[C@H](COCc3ccccc3)[C@@H](O)[C@H](OC(=O)CCl)[C@H]2N2C(=O)c3ccccc3C2=O)cc1. The summed E-state index contributed by atoms with van der Waals surface area (Å²) in [6, 6.07) is 20.9. The van der Waals surface area contributed by atoms with Crippen LogP contribution in [-0.2, 0) is 25.6 Å². The predicted octanol–water partition coefficient (Wildman–Crippen LogP) is 3.19. The second-order valence-electron chi connectivity index (χ2n) is 9.43. The lowest BCUT2D eigenvalue weighted by atomic mass is 9.95. The number of fused-ring (bicyclic) bond motifs is 1. The van der Waals surface area contributed by atoms with Gasteiger partial charge < -0.3 is 28.8 Å². The number of carbonyl (C=O) groups is 3. The normalized spacial score (nSPS) is 23.7. The Morgan fingerprint density at radius 2 is 1.54 bits per heavy atom. The Hall–Kier alpha value is -3.96. The van der Waals surface area contributed by atoms with Gasteiger partial charge in [0.05, 0.1) is 31.5 Å². The molecular weight excluding hydrogens is 554 g/mol. The van der Waals surface area contributed by atoms with Crippen LogP contribution in [0.15, 0.2) is 78.9 Å². The van der Waals surface area contributed by atoms with Gasteiger partial charge in [0, 0.05) is 0 Å². The summed E-state index contributed by atoms with van der Waals surface area (Å²) >= 11 is 5.74. The zero-order valence-corrected chi connectivity index (χ0v) is 22.8. The molecule has 3 aromatic rings. The molecular formula is C30H28ClNO9. The van der Waals surface area contributed by atoms with Crippen molar-refractivity contribution in [1.82, 2.24) is 4.90 Å². The minimum absolute atomic E-state index is 0.109. The number of rotatable bonds is 10. The summed E-state index contributed by atoms with van der Waals surface area (Å²) in [5.41, 5.74) is 1.25. The highest BCUT2D eigenvalue weighted by Crippen LogP contribution is 2.35. The summed E-state index contributed by atoms with van der Waals surface area (Å²) in [4.78, 5) is 40.4. The van der Waals surface area contributed by atoms with Crippen molar-refractivity contribution < 1.29 is 43.2 Å². The van der Waals surface area contributed by atoms with Crippen molar-refractivity contribution in [3.8, 4) is 11.5 Å². The zero-order chi connectivity index (χ0) is 28.9. The van der Waals surface area contributed by atoms with Crippen LogP contribution in [0.1, 0.15) is 26.3 Å². The van der Waals surface area contributed by atoms with Crippen molar-refractivity contribution >= 4 is 29.4 Å². The fourth-order valence-corrected chi connectivity index (χ4v) is 4.93. The molecule has 41 heavy (non-hydrogen) atoms. The summed E-state index contributed by atoms with van der Waals surface area (Å²) < 4.78 is 28.9. The topological polar surface area (TPSA) is 121 Å². The van der Waals surface area contributed by atoms with E-state index in [1.54, 1.807) is 36.4 Å². The van der Waals surface area contributed by atoms with E-state index in [2.05, 4.69) is 0 Å². The molecule has 1 fully saturated rings. The van der Waals surface area contributed by atoms with Crippen LogP contribution in [0.4, 0.5) is 0 Å². The number of imide groups is 1. The lowest BCUT2D eigenvalue weighted by Crippen LogP contribution is -2.67. The van der Waals surface area contributed by atoms with Gasteiger partial charge in [-0.25, -0.2) is 0 Å². The maximum absolute atomic E-state index is 13.5. The molecule has 0 aromatic heterocycles. The molecule has 3 aromatic carbocycles. The molecule has 214 valence electrons. The summed E-state index contributed by atoms with van der Waals surface area (Å²) in [6.07, 6.45) is -5.34. The van der Waals surface area contributed by atoms with Gasteiger partial charge >= 0.3 is 5.97 Å². The van der Waals surface area contributed by atoms with E-state index in [1.165, 1.54) is 19.2 Å². The molecule has 0 aliphatic carbocycles. The molecule has 5 rings (SSSR count). The van der Waals surface area contributed by atoms with Crippen LogP contribution in [0.5, 0.6) is 11.5 Å². The average molecular weight is 582 g/mol. The van der Waals surface area contributed by atoms with Crippen LogP contribution in [0.25, 0.3) is 0 Å². The molecule has 0 saturated carbocycles. The van der Waals surface area contributed by atoms with E-state index in [-0.39, 0.29) is 24.3 Å². The highest BCUT2D eigenvalue weighted by Gasteiger charge is 2.56. The first-order chi connectivity index (χ1) is 19.9. The van der Waals surface area contributed by atoms with Gasteiger partial charge in [0.25, 0.3) is 11.8 Å². The van der Waals surface area contributed by atoms with Gasteiger partial charge in [0.1, 0.15) is 35.6 Å². The van der Waals surface area contributed by atoms with Crippen molar-refractivity contribution in [2.24, 2.45) is 0 Å². The Labute approximate surface area is 241 Å². The molecule has 2 heterocycles. The number of carbonyl (C=O) groups excluding carboxylic acids is 3. The van der Waals surface area contributed by atoms with Crippen LogP contribution in [0.3, 0.4) is 0 Å². The van der Waals surface area contributed by atoms with Crippen LogP contribution in [-0.4, -0.2) is 78.0 Å². The number of aliphatic hydroxyl groups is 1. The number of ether oxygens (including phenoxy) is 5. The molecule has 2 amide bonds. The number of hydrogen-bond donors (Lipinski definition) is 1. The molecule has 0 radical (unpaired) electrons. The van der Waals surface area contributed by atoms with Crippen molar-refractivity contribution in [2.75, 3.05) is 19.6 Å². The number of hydrogen-bond acceptors (Lipinski definition) is 9. The minimum atomic E-state index is -1.50. The number of methoxy groups -OCH3 is 1. The van der Waals surface area contributed by atoms with E-state index in [1.807, 2.05) is 30.3 Å². The summed E-state index contributed by atoms with van der Waals surface area (Å²) in [5, 5.41) is 11.4. The maximum Gasteiger partial charge on any atom is 0.321 e. The quantitative estimate of drug-likeness (QED) is 0.219. The fraction of sp³-hybridized carbons (Fsp3) is 0.300. The van der Waals surface area contributed by atoms with E-state index in [0.717, 1.165) is 10.5 Å². The van der Waals surface area contributed by atoms with E-state index < -0.39 is 54.3 Å². The second-order valence-corrected chi connectivity index (χ2v) is 9.70. The molecule has 1 N–H and O–H groups in total. The molecule has 2 aliphatic heterocycles. The lowest BCUT2D eigenvalue weighted by molar-refractivity contribution is -0.262. The van der Waals surface area contributed by atoms with E-state index >= 15 is 0 Å². The van der Waals surface area contributed by atoms with Crippen molar-refractivity contribution in [1.29, 1.82) is 0 Å². The maximum atomic E-state index is 13.5. The molecule has 0 unspecified atom stereocenters. The van der Waals surface area contributed by atoms with Crippen LogP contribution in [0.2, 0.25) is 0 Å². The first-order valence-corrected chi connectivity index (χ1v) is 13.4. The number of alkyl halides is 1. The van der Waals surface area contributed by atoms with Gasteiger partial charge in [-0.2, -0.15) is 0 Å². The third-order valence-corrected chi connectivity index (χ3v) is 7.07. The van der Waals surface area contributed by atoms with Crippen molar-refractivity contribution in [3.05, 3.63) is 95.6 Å². The van der Waals surface area contributed by atoms with Crippen molar-refractivity contribution in [3.63, 3.8) is 0 Å². The first-order valence-electron chi connectivity index (χ1n) is 12.9. The van der Waals surface area contributed by atoms with Gasteiger partial charge in [-0.3, -0.25) is 19.3 Å². The molecule has 10 nitrogen and oxygen atoms in total. The largest absolute Gasteiger partial charge is 0.497 e. The smallest absolute Gasteiger partial charge is 0.321 e. The summed E-state index contributed by atoms with van der Waals surface area (Å²) in [5.74, 6) is -1.75. The first kappa shape index (κ1) is 28.6. The van der Waals surface area contributed by atoms with Gasteiger partial charge in [0.15, 0.2) is 6.10 Å². The Balaban J connectivity index is 1.48. The van der Waals surface area contributed by atoms with Crippen LogP contribution >= 0.6 is 11.6 Å². The molecule has 2 aliphatic rings. The van der Waals surface area contributed by atoms with Crippen molar-refractivity contribution in [2.45, 2.75) is 37.3 Å². The lowest BCUT2D eigenvalue weighted by Gasteiger charge is -2.46. The van der Waals surface area contributed by atoms with Crippen LogP contribution in [0, 0.1) is 0 Å². The highest BCUT2D eigenvalue weighted by molar-refractivity contribution is 6.26. The average Bonchev–Trinajstić information content (AvgIpc) is 3.25. The zero-order valence-electron chi connectivity index (χ0n) is 22.1. The number of aliphatic hydroxyl groups excluding tert-OH is 1. The standard InChI is InChI=1S/C30H28ClNO9/c1-37-19-11-13-20(14-12-19)39-30-25(32-28(35)21-9-5-6-10-22(21)29(32)36)27(41-24(33)15-31)26(34)23(40-30)17-38-16-18-7-3-2-4-8-18/h2-14,23,25-27,30,34H,15-17H2,1H3/t23-,25-,26-,27-,30-/m1/s1. The minimum Gasteiger partial charge on any atom is -0.497 e. The van der Waals surface area contributed by atoms with E-state index in [9.17, 15) is 19.5 Å². The van der Waals surface area contributed by atoms with Gasteiger partial charge in [-0.1, -0.05) is 42.5 Å². The number of nitrogens with zero attached hydrogens (tertiary/aromatic N) is 1. The van der Waals surface area contributed by atoms with Crippen LogP contribution < -0.4 is 9.47 Å². The Kier molecular flexibility index (Phi) is 8.84. The Morgan fingerprint density at radius 3 is 2.15 bits per heavy atom. The summed E-state index contributed by atoms with van der Waals surface area (Å²) in [7, 11) is 1.52. The Bertz CT molecular complexity index is 1350. The number of halogens is 1. The predicted molar refractivity (Wildman–Crippen MR) is 146 cm³/mol.